The van der Waals surface area contributed by atoms with Crippen molar-refractivity contribution in [1.82, 2.24) is 4.90 Å². The molecule has 0 radical (unpaired) electrons. The predicted octanol–water partition coefficient (Wildman–Crippen LogP) is 1.29. The van der Waals surface area contributed by atoms with E-state index in [0.29, 0.717) is 6.61 Å². The molecule has 128 valence electrons. The molecule has 1 aliphatic heterocycles. The molecule has 0 saturated carbocycles. The van der Waals surface area contributed by atoms with Gasteiger partial charge in [-0.1, -0.05) is 26.2 Å². The van der Waals surface area contributed by atoms with Gasteiger partial charge in [0.25, 0.3) is 0 Å². The van der Waals surface area contributed by atoms with E-state index in [0.717, 1.165) is 25.7 Å². The Bertz CT molecular complexity index is 391. The molecular formula is C13H24NO7P. The van der Waals surface area contributed by atoms with Crippen LogP contribution in [0.5, 0.6) is 0 Å². The summed E-state index contributed by atoms with van der Waals surface area (Å²) in [6.45, 7) is 2.96. The highest BCUT2D eigenvalue weighted by Crippen LogP contribution is 2.20. The van der Waals surface area contributed by atoms with Gasteiger partial charge in [0.05, 0.1) is 12.5 Å². The van der Waals surface area contributed by atoms with Crippen molar-refractivity contribution in [3.63, 3.8) is 0 Å². The molecule has 9 heteroatoms. The van der Waals surface area contributed by atoms with Gasteiger partial charge in [-0.2, -0.15) is 4.67 Å². The van der Waals surface area contributed by atoms with Crippen molar-refractivity contribution in [2.45, 2.75) is 39.0 Å². The Balaban J connectivity index is 2.20. The van der Waals surface area contributed by atoms with Gasteiger partial charge in [-0.05, 0) is 6.42 Å². The first kappa shape index (κ1) is 19.1. The van der Waals surface area contributed by atoms with Crippen LogP contribution in [0.1, 0.15) is 39.0 Å². The number of carbonyl (C=O) groups is 2. The molecule has 0 aliphatic carbocycles. The summed E-state index contributed by atoms with van der Waals surface area (Å²) in [7, 11) is -3.13. The summed E-state index contributed by atoms with van der Waals surface area (Å²) in [4.78, 5) is 38.0. The number of esters is 1. The van der Waals surface area contributed by atoms with Gasteiger partial charge in [0.1, 0.15) is 6.61 Å². The second-order valence-electron chi connectivity index (χ2n) is 5.14. The van der Waals surface area contributed by atoms with Gasteiger partial charge in [0, 0.05) is 19.5 Å². The van der Waals surface area contributed by atoms with E-state index in [1.54, 1.807) is 0 Å². The lowest BCUT2D eigenvalue weighted by molar-refractivity contribution is -0.209. The molecule has 1 rings (SSSR count). The molecule has 0 bridgehead atoms. The number of unbranched alkanes of at least 4 members (excludes halogenated alkanes) is 3. The van der Waals surface area contributed by atoms with Gasteiger partial charge < -0.3 is 14.5 Å². The molecule has 2 unspecified atom stereocenters. The Hall–Kier alpha value is -0.950. The van der Waals surface area contributed by atoms with Gasteiger partial charge in [-0.25, -0.2) is 4.89 Å². The molecule has 2 atom stereocenters. The van der Waals surface area contributed by atoms with Crippen LogP contribution >= 0.6 is 8.25 Å². The summed E-state index contributed by atoms with van der Waals surface area (Å²) in [6.07, 6.45) is 4.25. The highest BCUT2D eigenvalue weighted by Gasteiger charge is 2.35. The molecule has 1 fully saturated rings. The molecule has 1 N–H and O–H groups in total. The standard InChI is InChI=1S/C13H24NO7P/c1-2-3-4-5-7-19-13(16)11-9-12(15)14(10-11)6-8-20-21-22(17)18/h11,22H,2-10H2,1H3,(H,17,18). The minimum Gasteiger partial charge on any atom is -0.465 e. The normalized spacial score (nSPS) is 19.5. The fourth-order valence-electron chi connectivity index (χ4n) is 2.21. The first-order chi connectivity index (χ1) is 10.5. The van der Waals surface area contributed by atoms with Gasteiger partial charge in [-0.3, -0.25) is 14.2 Å². The third-order valence-corrected chi connectivity index (χ3v) is 3.63. The maximum atomic E-state index is 11.9. The van der Waals surface area contributed by atoms with Crippen LogP contribution in [0, 0.1) is 5.92 Å². The van der Waals surface area contributed by atoms with E-state index in [-0.39, 0.29) is 38.0 Å². The van der Waals surface area contributed by atoms with Crippen LogP contribution in [-0.2, 0) is 28.5 Å². The predicted molar refractivity (Wildman–Crippen MR) is 78.0 cm³/mol. The SMILES string of the molecule is CCCCCCOC(=O)C1CC(=O)N(CCOO[PH](=O)O)C1. The lowest BCUT2D eigenvalue weighted by Crippen LogP contribution is -2.30. The number of carbonyl (C=O) groups excluding carboxylic acids is 2. The summed E-state index contributed by atoms with van der Waals surface area (Å²) in [5.41, 5.74) is 0. The summed E-state index contributed by atoms with van der Waals surface area (Å²) in [6, 6.07) is 0. The van der Waals surface area contributed by atoms with Crippen molar-refractivity contribution < 1.29 is 33.3 Å². The summed E-state index contributed by atoms with van der Waals surface area (Å²) in [5, 5.41) is 0. The zero-order chi connectivity index (χ0) is 16.4. The fraction of sp³-hybridized carbons (Fsp3) is 0.846. The molecule has 1 saturated heterocycles. The van der Waals surface area contributed by atoms with E-state index in [9.17, 15) is 14.2 Å². The second kappa shape index (κ2) is 10.7. The number of likely N-dealkylation sites (tertiary alicyclic amines) is 1. The Morgan fingerprint density at radius 1 is 1.36 bits per heavy atom. The van der Waals surface area contributed by atoms with E-state index in [4.69, 9.17) is 9.63 Å². The number of ether oxygens (including phenoxy) is 1. The number of amides is 1. The quantitative estimate of drug-likeness (QED) is 0.199. The van der Waals surface area contributed by atoms with Crippen molar-refractivity contribution in [2.24, 2.45) is 5.92 Å². The van der Waals surface area contributed by atoms with Gasteiger partial charge in [0.15, 0.2) is 0 Å². The number of hydrogen-bond donors (Lipinski definition) is 1. The van der Waals surface area contributed by atoms with Crippen molar-refractivity contribution in [2.75, 3.05) is 26.3 Å². The third-order valence-electron chi connectivity index (χ3n) is 3.36. The van der Waals surface area contributed by atoms with Gasteiger partial charge >= 0.3 is 14.2 Å². The zero-order valence-electron chi connectivity index (χ0n) is 12.8. The molecule has 0 aromatic heterocycles. The van der Waals surface area contributed by atoms with Crippen LogP contribution < -0.4 is 0 Å². The van der Waals surface area contributed by atoms with Crippen LogP contribution in [0.3, 0.4) is 0 Å². The van der Waals surface area contributed by atoms with E-state index in [1.165, 1.54) is 4.90 Å². The van der Waals surface area contributed by atoms with Crippen LogP contribution in [0.25, 0.3) is 0 Å². The minimum atomic E-state index is -3.13. The average molecular weight is 337 g/mol. The van der Waals surface area contributed by atoms with Crippen molar-refractivity contribution in [3.8, 4) is 0 Å². The van der Waals surface area contributed by atoms with E-state index < -0.39 is 14.2 Å². The molecule has 1 aliphatic rings. The van der Waals surface area contributed by atoms with Gasteiger partial charge in [0.2, 0.25) is 5.91 Å². The van der Waals surface area contributed by atoms with Crippen LogP contribution in [0.2, 0.25) is 0 Å². The monoisotopic (exact) mass is 337 g/mol. The molecule has 0 spiro atoms. The first-order valence-electron chi connectivity index (χ1n) is 7.51. The lowest BCUT2D eigenvalue weighted by atomic mass is 10.1. The number of hydrogen-bond acceptors (Lipinski definition) is 6. The molecular weight excluding hydrogens is 313 g/mol. The number of nitrogens with zero attached hydrogens (tertiary/aromatic N) is 1. The highest BCUT2D eigenvalue weighted by atomic mass is 31.1. The Morgan fingerprint density at radius 2 is 2.14 bits per heavy atom. The molecule has 0 aromatic carbocycles. The van der Waals surface area contributed by atoms with Crippen molar-refractivity contribution >= 4 is 20.1 Å². The molecule has 1 heterocycles. The van der Waals surface area contributed by atoms with E-state index >= 15 is 0 Å². The third kappa shape index (κ3) is 7.35. The fourth-order valence-corrected chi connectivity index (χ4v) is 2.39. The second-order valence-corrected chi connectivity index (χ2v) is 5.84. The average Bonchev–Trinajstić information content (AvgIpc) is 2.84. The van der Waals surface area contributed by atoms with Crippen LogP contribution in [-0.4, -0.2) is 48.0 Å². The molecule has 8 nitrogen and oxygen atoms in total. The summed E-state index contributed by atoms with van der Waals surface area (Å²) < 4.78 is 19.5. The van der Waals surface area contributed by atoms with Crippen LogP contribution in [0.15, 0.2) is 0 Å². The maximum absolute atomic E-state index is 11.9. The number of rotatable bonds is 11. The molecule has 0 aromatic rings. The van der Waals surface area contributed by atoms with Crippen molar-refractivity contribution in [1.29, 1.82) is 0 Å². The largest absolute Gasteiger partial charge is 0.465 e. The Morgan fingerprint density at radius 3 is 2.82 bits per heavy atom. The van der Waals surface area contributed by atoms with Crippen molar-refractivity contribution in [3.05, 3.63) is 0 Å². The first-order valence-corrected chi connectivity index (χ1v) is 8.77. The topological polar surface area (TPSA) is 102 Å². The molecule has 1 amide bonds. The summed E-state index contributed by atoms with van der Waals surface area (Å²) >= 11 is 0. The lowest BCUT2D eigenvalue weighted by Gasteiger charge is -2.15. The van der Waals surface area contributed by atoms with Crippen LogP contribution in [0.4, 0.5) is 0 Å². The molecule has 22 heavy (non-hydrogen) atoms. The highest BCUT2D eigenvalue weighted by molar-refractivity contribution is 7.31. The van der Waals surface area contributed by atoms with E-state index in [2.05, 4.69) is 16.5 Å². The smallest absolute Gasteiger partial charge is 0.344 e. The Kier molecular flexibility index (Phi) is 9.31. The zero-order valence-corrected chi connectivity index (χ0v) is 13.8. The minimum absolute atomic E-state index is 0.0263. The maximum Gasteiger partial charge on any atom is 0.344 e. The summed E-state index contributed by atoms with van der Waals surface area (Å²) in [5.74, 6) is -0.949. The van der Waals surface area contributed by atoms with E-state index in [1.807, 2.05) is 0 Å². The van der Waals surface area contributed by atoms with Gasteiger partial charge in [-0.15, -0.1) is 0 Å². The Labute approximate surface area is 130 Å².